The molecule has 3 aromatic heterocycles. The Kier molecular flexibility index (Phi) is 3.56. The highest BCUT2D eigenvalue weighted by atomic mass is 16.5. The van der Waals surface area contributed by atoms with Gasteiger partial charge < -0.3 is 9.14 Å². The van der Waals surface area contributed by atoms with Gasteiger partial charge in [-0.1, -0.05) is 11.2 Å². The molecule has 108 valence electrons. The van der Waals surface area contributed by atoms with Crippen molar-refractivity contribution in [1.29, 1.82) is 0 Å². The van der Waals surface area contributed by atoms with E-state index < -0.39 is 0 Å². The number of ether oxygens (including phenoxy) is 1. The van der Waals surface area contributed by atoms with Gasteiger partial charge in [-0.05, 0) is 22.6 Å². The van der Waals surface area contributed by atoms with Crippen LogP contribution in [0.4, 0.5) is 5.95 Å². The number of nitrogens with zero attached hydrogens (tertiary/aromatic N) is 6. The zero-order valence-corrected chi connectivity index (χ0v) is 11.3. The molecular formula is C12H13N7O2. The maximum atomic E-state index is 12.2. The van der Waals surface area contributed by atoms with E-state index in [1.54, 1.807) is 17.7 Å². The summed E-state index contributed by atoms with van der Waals surface area (Å²) < 4.78 is 8.18. The van der Waals surface area contributed by atoms with Gasteiger partial charge in [-0.25, -0.2) is 9.67 Å². The number of fused-ring (bicyclic) bond motifs is 1. The molecule has 0 fully saturated rings. The van der Waals surface area contributed by atoms with E-state index in [2.05, 4.69) is 25.8 Å². The van der Waals surface area contributed by atoms with Crippen molar-refractivity contribution in [2.24, 2.45) is 0 Å². The van der Waals surface area contributed by atoms with Crippen molar-refractivity contribution in [2.45, 2.75) is 6.54 Å². The van der Waals surface area contributed by atoms with Crippen molar-refractivity contribution < 1.29 is 9.53 Å². The van der Waals surface area contributed by atoms with Gasteiger partial charge in [0.05, 0.1) is 13.2 Å². The van der Waals surface area contributed by atoms with E-state index in [0.717, 1.165) is 0 Å². The third-order valence-electron chi connectivity index (χ3n) is 2.86. The first kappa shape index (κ1) is 13.2. The topological polar surface area (TPSA) is 99.2 Å². The van der Waals surface area contributed by atoms with Gasteiger partial charge in [0.2, 0.25) is 5.95 Å². The first-order valence-corrected chi connectivity index (χ1v) is 6.28. The Morgan fingerprint density at radius 2 is 2.33 bits per heavy atom. The van der Waals surface area contributed by atoms with Crippen LogP contribution in [0.1, 0.15) is 10.5 Å². The lowest BCUT2D eigenvalue weighted by molar-refractivity contribution is 0.102. The average molecular weight is 287 g/mol. The minimum Gasteiger partial charge on any atom is -0.383 e. The molecular weight excluding hydrogens is 274 g/mol. The van der Waals surface area contributed by atoms with E-state index in [0.29, 0.717) is 24.5 Å². The number of rotatable bonds is 5. The van der Waals surface area contributed by atoms with Crippen molar-refractivity contribution in [3.63, 3.8) is 0 Å². The molecule has 0 bridgehead atoms. The highest BCUT2D eigenvalue weighted by Gasteiger charge is 2.14. The Bertz CT molecular complexity index is 731. The summed E-state index contributed by atoms with van der Waals surface area (Å²) in [6.45, 7) is 0.895. The highest BCUT2D eigenvalue weighted by Crippen LogP contribution is 2.07. The summed E-state index contributed by atoms with van der Waals surface area (Å²) in [7, 11) is 1.58. The Morgan fingerprint density at radius 1 is 1.43 bits per heavy atom. The van der Waals surface area contributed by atoms with Crippen LogP contribution in [0.2, 0.25) is 0 Å². The fourth-order valence-electron chi connectivity index (χ4n) is 1.83. The quantitative estimate of drug-likeness (QED) is 0.720. The van der Waals surface area contributed by atoms with Crippen LogP contribution in [-0.2, 0) is 11.3 Å². The van der Waals surface area contributed by atoms with Crippen molar-refractivity contribution >= 4 is 17.5 Å². The fourth-order valence-corrected chi connectivity index (χ4v) is 1.83. The molecule has 1 amide bonds. The van der Waals surface area contributed by atoms with E-state index >= 15 is 0 Å². The number of methoxy groups -OCH3 is 1. The minimum atomic E-state index is -0.368. The Morgan fingerprint density at radius 3 is 3.14 bits per heavy atom. The van der Waals surface area contributed by atoms with E-state index in [1.165, 1.54) is 4.68 Å². The molecule has 1 N–H and O–H groups in total. The molecule has 9 nitrogen and oxygen atoms in total. The lowest BCUT2D eigenvalue weighted by Gasteiger charge is -2.03. The molecule has 3 heterocycles. The van der Waals surface area contributed by atoms with Gasteiger partial charge in [0.15, 0.2) is 0 Å². The van der Waals surface area contributed by atoms with Gasteiger partial charge in [-0.15, -0.1) is 0 Å². The SMILES string of the molecule is COCCn1nnnc1NC(=O)c1cn2ccccc2n1. The van der Waals surface area contributed by atoms with Crippen molar-refractivity contribution in [3.8, 4) is 0 Å². The van der Waals surface area contributed by atoms with Gasteiger partial charge in [-0.2, -0.15) is 0 Å². The normalized spacial score (nSPS) is 10.9. The lowest BCUT2D eigenvalue weighted by atomic mass is 10.4. The Balaban J connectivity index is 1.78. The van der Waals surface area contributed by atoms with Gasteiger partial charge in [-0.3, -0.25) is 10.1 Å². The summed E-state index contributed by atoms with van der Waals surface area (Å²) in [6.07, 6.45) is 3.47. The van der Waals surface area contributed by atoms with Gasteiger partial charge in [0.25, 0.3) is 5.91 Å². The van der Waals surface area contributed by atoms with E-state index in [-0.39, 0.29) is 11.9 Å². The second-order valence-electron chi connectivity index (χ2n) is 4.26. The molecule has 0 unspecified atom stereocenters. The Hall–Kier alpha value is -2.81. The predicted octanol–water partition coefficient (Wildman–Crippen LogP) is 0.219. The van der Waals surface area contributed by atoms with Crippen LogP contribution in [0.3, 0.4) is 0 Å². The Labute approximate surface area is 119 Å². The molecule has 0 aliphatic carbocycles. The van der Waals surface area contributed by atoms with Crippen LogP contribution in [-0.4, -0.2) is 49.2 Å². The fraction of sp³-hybridized carbons (Fsp3) is 0.250. The molecule has 0 saturated carbocycles. The number of tetrazole rings is 1. The molecule has 0 spiro atoms. The van der Waals surface area contributed by atoms with Crippen LogP contribution in [0.25, 0.3) is 5.65 Å². The van der Waals surface area contributed by atoms with Gasteiger partial charge in [0, 0.05) is 19.5 Å². The lowest BCUT2D eigenvalue weighted by Crippen LogP contribution is -2.18. The number of imidazole rings is 1. The van der Waals surface area contributed by atoms with Crippen LogP contribution >= 0.6 is 0 Å². The second-order valence-corrected chi connectivity index (χ2v) is 4.26. The number of anilines is 1. The van der Waals surface area contributed by atoms with Crippen molar-refractivity contribution in [1.82, 2.24) is 29.6 Å². The molecule has 0 aliphatic heterocycles. The monoisotopic (exact) mass is 287 g/mol. The highest BCUT2D eigenvalue weighted by molar-refractivity contribution is 6.02. The number of amides is 1. The van der Waals surface area contributed by atoms with Gasteiger partial charge >= 0.3 is 0 Å². The number of carbonyl (C=O) groups excluding carboxylic acids is 1. The average Bonchev–Trinajstić information content (AvgIpc) is 3.11. The van der Waals surface area contributed by atoms with Crippen LogP contribution in [0.15, 0.2) is 30.6 Å². The van der Waals surface area contributed by atoms with E-state index in [9.17, 15) is 4.79 Å². The summed E-state index contributed by atoms with van der Waals surface area (Å²) in [6, 6.07) is 5.54. The molecule has 3 rings (SSSR count). The zero-order chi connectivity index (χ0) is 14.7. The molecule has 9 heteroatoms. The standard InChI is InChI=1S/C12H13N7O2/c1-21-7-6-19-12(15-16-17-19)14-11(20)9-8-18-5-3-2-4-10(18)13-9/h2-5,8H,6-7H2,1H3,(H,14,15,17,20). The van der Waals surface area contributed by atoms with E-state index in [4.69, 9.17) is 4.74 Å². The third kappa shape index (κ3) is 2.72. The smallest absolute Gasteiger partial charge is 0.278 e. The van der Waals surface area contributed by atoms with Crippen molar-refractivity contribution in [2.75, 3.05) is 19.0 Å². The molecule has 21 heavy (non-hydrogen) atoms. The number of aromatic nitrogens is 6. The largest absolute Gasteiger partial charge is 0.383 e. The predicted molar refractivity (Wildman–Crippen MR) is 72.8 cm³/mol. The maximum Gasteiger partial charge on any atom is 0.278 e. The molecule has 0 radical (unpaired) electrons. The molecule has 0 atom stereocenters. The van der Waals surface area contributed by atoms with Crippen LogP contribution in [0.5, 0.6) is 0 Å². The zero-order valence-electron chi connectivity index (χ0n) is 11.3. The number of carbonyl (C=O) groups is 1. The summed E-state index contributed by atoms with van der Waals surface area (Å²) in [5, 5.41) is 13.7. The third-order valence-corrected chi connectivity index (χ3v) is 2.86. The van der Waals surface area contributed by atoms with Crippen molar-refractivity contribution in [3.05, 3.63) is 36.3 Å². The minimum absolute atomic E-state index is 0.258. The van der Waals surface area contributed by atoms with Crippen LogP contribution < -0.4 is 5.32 Å². The maximum absolute atomic E-state index is 12.2. The number of nitrogens with one attached hydrogen (secondary N) is 1. The molecule has 0 aromatic carbocycles. The van der Waals surface area contributed by atoms with Gasteiger partial charge in [0.1, 0.15) is 11.3 Å². The van der Waals surface area contributed by atoms with E-state index in [1.807, 2.05) is 24.4 Å². The molecule has 3 aromatic rings. The summed E-state index contributed by atoms with van der Waals surface area (Å²) in [5.41, 5.74) is 0.990. The van der Waals surface area contributed by atoms with Crippen LogP contribution in [0, 0.1) is 0 Å². The number of hydrogen-bond donors (Lipinski definition) is 1. The second kappa shape index (κ2) is 5.67. The number of pyridine rings is 1. The first-order chi connectivity index (χ1) is 10.3. The molecule has 0 aliphatic rings. The molecule has 0 saturated heterocycles. The first-order valence-electron chi connectivity index (χ1n) is 6.28. The summed E-state index contributed by atoms with van der Waals surface area (Å²) in [4.78, 5) is 16.4. The summed E-state index contributed by atoms with van der Waals surface area (Å²) in [5.74, 6) is -0.110. The number of hydrogen-bond acceptors (Lipinski definition) is 6. The summed E-state index contributed by atoms with van der Waals surface area (Å²) >= 11 is 0.